The average Bonchev–Trinajstić information content (AvgIpc) is 2.64. The SMILES string of the molecule is FC1=C(F)[SH](c2cc[nH]n2)C=C1. The third kappa shape index (κ3) is 1.06. The van der Waals surface area contributed by atoms with Gasteiger partial charge in [0.2, 0.25) is 0 Å². The van der Waals surface area contributed by atoms with Crippen LogP contribution in [0.15, 0.2) is 39.8 Å². The summed E-state index contributed by atoms with van der Waals surface area (Å²) in [5.74, 6) is -0.774. The van der Waals surface area contributed by atoms with Gasteiger partial charge in [0.05, 0.1) is 0 Å². The van der Waals surface area contributed by atoms with Crippen LogP contribution in [0.1, 0.15) is 0 Å². The maximum absolute atomic E-state index is 13.0. The zero-order valence-corrected chi connectivity index (χ0v) is 6.85. The van der Waals surface area contributed by atoms with Gasteiger partial charge in [-0.2, -0.15) is 9.49 Å². The molecule has 0 aliphatic carbocycles. The molecule has 1 aromatic rings. The zero-order chi connectivity index (χ0) is 8.55. The summed E-state index contributed by atoms with van der Waals surface area (Å²) in [4.78, 5) is 0. The summed E-state index contributed by atoms with van der Waals surface area (Å²) >= 11 is 0. The van der Waals surface area contributed by atoms with Crippen LogP contribution in [0.25, 0.3) is 0 Å². The number of nitrogens with one attached hydrogen (secondary N) is 1. The maximum atomic E-state index is 13.0. The fourth-order valence-corrected chi connectivity index (χ4v) is 2.42. The fourth-order valence-electron chi connectivity index (χ4n) is 0.953. The molecule has 1 aromatic heterocycles. The van der Waals surface area contributed by atoms with E-state index in [4.69, 9.17) is 0 Å². The Kier molecular flexibility index (Phi) is 1.73. The number of aromatic amines is 1. The molecular weight excluding hydrogens is 182 g/mol. The van der Waals surface area contributed by atoms with Crippen LogP contribution in [0, 0.1) is 0 Å². The lowest BCUT2D eigenvalue weighted by atomic mass is 10.6. The van der Waals surface area contributed by atoms with E-state index in [-0.39, 0.29) is 0 Å². The van der Waals surface area contributed by atoms with Crippen molar-refractivity contribution in [3.8, 4) is 0 Å². The van der Waals surface area contributed by atoms with Gasteiger partial charge < -0.3 is 0 Å². The Hall–Kier alpha value is -1.10. The highest BCUT2D eigenvalue weighted by atomic mass is 32.2. The first-order valence-corrected chi connectivity index (χ1v) is 4.72. The summed E-state index contributed by atoms with van der Waals surface area (Å²) in [5, 5.41) is 7.73. The van der Waals surface area contributed by atoms with E-state index in [0.29, 0.717) is 5.03 Å². The van der Waals surface area contributed by atoms with Gasteiger partial charge in [-0.3, -0.25) is 5.10 Å². The van der Waals surface area contributed by atoms with Crippen molar-refractivity contribution >= 4 is 10.9 Å². The molecule has 0 radical (unpaired) electrons. The summed E-state index contributed by atoms with van der Waals surface area (Å²) in [6.07, 6.45) is 2.74. The molecule has 5 heteroatoms. The molecule has 0 amide bonds. The number of allylic oxidation sites excluding steroid dienone is 2. The molecule has 1 unspecified atom stereocenters. The fraction of sp³-hybridized carbons (Fsp3) is 0. The van der Waals surface area contributed by atoms with Crippen molar-refractivity contribution in [2.24, 2.45) is 0 Å². The summed E-state index contributed by atoms with van der Waals surface area (Å²) in [5.41, 5.74) is 0. The third-order valence-electron chi connectivity index (χ3n) is 1.51. The Morgan fingerprint density at radius 2 is 2.25 bits per heavy atom. The van der Waals surface area contributed by atoms with E-state index in [1.807, 2.05) is 0 Å². The molecular formula is C7H6F2N2S. The lowest BCUT2D eigenvalue weighted by Crippen LogP contribution is -1.78. The first-order valence-electron chi connectivity index (χ1n) is 3.31. The number of hydrogen-bond donors (Lipinski definition) is 2. The highest BCUT2D eigenvalue weighted by Gasteiger charge is 2.20. The predicted octanol–water partition coefficient (Wildman–Crippen LogP) is 2.41. The van der Waals surface area contributed by atoms with Crippen LogP contribution in [0.3, 0.4) is 0 Å². The highest BCUT2D eigenvalue weighted by molar-refractivity contribution is 8.22. The van der Waals surface area contributed by atoms with Gasteiger partial charge in [-0.05, 0) is 17.6 Å². The average molecular weight is 188 g/mol. The molecule has 2 heterocycles. The van der Waals surface area contributed by atoms with Crippen molar-refractivity contribution in [1.29, 1.82) is 0 Å². The summed E-state index contributed by atoms with van der Waals surface area (Å²) in [6.45, 7) is 0. The van der Waals surface area contributed by atoms with Gasteiger partial charge in [-0.25, -0.2) is 4.39 Å². The summed E-state index contributed by atoms with van der Waals surface area (Å²) in [7, 11) is -1.29. The minimum Gasteiger partial charge on any atom is -0.285 e. The van der Waals surface area contributed by atoms with Crippen molar-refractivity contribution in [3.63, 3.8) is 0 Å². The molecule has 0 fully saturated rings. The lowest BCUT2D eigenvalue weighted by Gasteiger charge is -2.06. The van der Waals surface area contributed by atoms with Crippen molar-refractivity contribution in [1.82, 2.24) is 10.2 Å². The Balaban J connectivity index is 2.35. The Labute approximate surface area is 70.3 Å². The van der Waals surface area contributed by atoms with E-state index in [9.17, 15) is 8.78 Å². The smallest absolute Gasteiger partial charge is 0.181 e. The van der Waals surface area contributed by atoms with Gasteiger partial charge in [0.25, 0.3) is 0 Å². The van der Waals surface area contributed by atoms with Crippen LogP contribution in [0.4, 0.5) is 8.78 Å². The molecule has 12 heavy (non-hydrogen) atoms. The molecule has 2 nitrogen and oxygen atoms in total. The van der Waals surface area contributed by atoms with Crippen LogP contribution in [0.2, 0.25) is 0 Å². The van der Waals surface area contributed by atoms with Crippen LogP contribution in [-0.4, -0.2) is 10.2 Å². The van der Waals surface area contributed by atoms with Gasteiger partial charge in [0.15, 0.2) is 11.0 Å². The van der Waals surface area contributed by atoms with Crippen molar-refractivity contribution < 1.29 is 8.78 Å². The summed E-state index contributed by atoms with van der Waals surface area (Å²) in [6, 6.07) is 1.65. The number of rotatable bonds is 1. The van der Waals surface area contributed by atoms with Gasteiger partial charge in [-0.1, -0.05) is 0 Å². The minimum atomic E-state index is -1.29. The van der Waals surface area contributed by atoms with E-state index < -0.39 is 21.9 Å². The van der Waals surface area contributed by atoms with Crippen molar-refractivity contribution in [2.75, 3.05) is 0 Å². The molecule has 0 spiro atoms. The van der Waals surface area contributed by atoms with E-state index in [1.54, 1.807) is 12.3 Å². The molecule has 0 bridgehead atoms. The molecule has 0 saturated heterocycles. The van der Waals surface area contributed by atoms with Crippen LogP contribution in [-0.2, 0) is 0 Å². The van der Waals surface area contributed by atoms with E-state index in [2.05, 4.69) is 10.2 Å². The van der Waals surface area contributed by atoms with E-state index in [0.717, 1.165) is 6.08 Å². The quantitative estimate of drug-likeness (QED) is 0.651. The zero-order valence-electron chi connectivity index (χ0n) is 5.96. The van der Waals surface area contributed by atoms with Crippen LogP contribution in [0.5, 0.6) is 0 Å². The largest absolute Gasteiger partial charge is 0.285 e. The van der Waals surface area contributed by atoms with Gasteiger partial charge in [0.1, 0.15) is 5.03 Å². The number of H-pyrrole nitrogens is 1. The normalized spacial score (nSPS) is 25.3. The van der Waals surface area contributed by atoms with Gasteiger partial charge in [0, 0.05) is 6.20 Å². The van der Waals surface area contributed by atoms with Gasteiger partial charge >= 0.3 is 0 Å². The van der Waals surface area contributed by atoms with Crippen molar-refractivity contribution in [2.45, 2.75) is 5.03 Å². The maximum Gasteiger partial charge on any atom is 0.181 e. The highest BCUT2D eigenvalue weighted by Crippen LogP contribution is 2.50. The Morgan fingerprint density at radius 3 is 2.75 bits per heavy atom. The number of aromatic nitrogens is 2. The Morgan fingerprint density at radius 1 is 1.42 bits per heavy atom. The molecule has 1 aliphatic rings. The number of nitrogens with zero attached hydrogens (tertiary/aromatic N) is 1. The minimum absolute atomic E-state index is 0.561. The number of hydrogen-bond acceptors (Lipinski definition) is 1. The number of thiol groups is 1. The molecule has 1 atom stereocenters. The first-order chi connectivity index (χ1) is 5.79. The van der Waals surface area contributed by atoms with Crippen molar-refractivity contribution in [3.05, 3.63) is 34.7 Å². The molecule has 64 valence electrons. The van der Waals surface area contributed by atoms with E-state index >= 15 is 0 Å². The molecule has 0 saturated carbocycles. The second kappa shape index (κ2) is 2.75. The second-order valence-corrected chi connectivity index (χ2v) is 4.15. The molecule has 2 rings (SSSR count). The first kappa shape index (κ1) is 7.54. The topological polar surface area (TPSA) is 28.7 Å². The second-order valence-electron chi connectivity index (χ2n) is 2.26. The summed E-state index contributed by atoms with van der Waals surface area (Å²) < 4.78 is 25.5. The van der Waals surface area contributed by atoms with Gasteiger partial charge in [-0.15, -0.1) is 10.9 Å². The lowest BCUT2D eigenvalue weighted by molar-refractivity contribution is 0.595. The molecule has 0 aromatic carbocycles. The number of halogens is 2. The molecule has 1 aliphatic heterocycles. The monoisotopic (exact) mass is 188 g/mol. The van der Waals surface area contributed by atoms with Crippen LogP contribution < -0.4 is 0 Å². The molecule has 1 N–H and O–H groups in total. The predicted molar refractivity (Wildman–Crippen MR) is 44.2 cm³/mol. The van der Waals surface area contributed by atoms with Crippen LogP contribution >= 0.6 is 10.9 Å². The standard InChI is InChI=1S/C7H6F2N2S/c8-5-2-4-12(7(5)9)6-1-3-10-11-6/h1-4,12H,(H,10,11). The third-order valence-corrected chi connectivity index (χ3v) is 3.34. The Bertz CT molecular complexity index is 342. The van der Waals surface area contributed by atoms with E-state index in [1.165, 1.54) is 5.41 Å².